The van der Waals surface area contributed by atoms with Crippen molar-refractivity contribution in [3.05, 3.63) is 29.6 Å². The molecule has 86 valence electrons. The monoisotopic (exact) mass is 242 g/mol. The van der Waals surface area contributed by atoms with Crippen LogP contribution in [0.2, 0.25) is 0 Å². The van der Waals surface area contributed by atoms with Gasteiger partial charge in [0.2, 0.25) is 0 Å². The summed E-state index contributed by atoms with van der Waals surface area (Å²) in [5.41, 5.74) is 0.00810. The lowest BCUT2D eigenvalue weighted by atomic mass is 10.1. The number of ether oxygens (including phenoxy) is 1. The van der Waals surface area contributed by atoms with Crippen LogP contribution in [0.5, 0.6) is 0 Å². The van der Waals surface area contributed by atoms with Crippen molar-refractivity contribution in [2.45, 2.75) is 11.8 Å². The molecule has 0 amide bonds. The molecule has 1 aromatic carbocycles. The summed E-state index contributed by atoms with van der Waals surface area (Å²) in [5.74, 6) is -2.30. The zero-order chi connectivity index (χ0) is 12.1. The average Bonchev–Trinajstić information content (AvgIpc) is 2.28. The molecule has 0 unspecified atom stereocenters. The van der Waals surface area contributed by atoms with Gasteiger partial charge in [-0.25, -0.2) is 9.18 Å². The van der Waals surface area contributed by atoms with Crippen molar-refractivity contribution in [3.63, 3.8) is 0 Å². The molecule has 0 heterocycles. The third kappa shape index (κ3) is 2.82. The summed E-state index contributed by atoms with van der Waals surface area (Å²) in [4.78, 5) is 23.0. The molecule has 0 saturated heterocycles. The lowest BCUT2D eigenvalue weighted by molar-refractivity contribution is -0.137. The second kappa shape index (κ2) is 5.65. The molecule has 0 spiro atoms. The van der Waals surface area contributed by atoms with Crippen LogP contribution < -0.4 is 0 Å². The molecule has 0 aliphatic carbocycles. The second-order valence-electron chi connectivity index (χ2n) is 2.90. The van der Waals surface area contributed by atoms with Gasteiger partial charge >= 0.3 is 5.97 Å². The van der Waals surface area contributed by atoms with E-state index in [1.165, 1.54) is 23.9 Å². The van der Waals surface area contributed by atoms with Crippen LogP contribution in [-0.2, 0) is 9.53 Å². The Kier molecular flexibility index (Phi) is 4.49. The van der Waals surface area contributed by atoms with Gasteiger partial charge in [0.15, 0.2) is 0 Å². The van der Waals surface area contributed by atoms with E-state index in [4.69, 9.17) is 0 Å². The molecular formula is C11H11FO3S. The first kappa shape index (κ1) is 12.7. The van der Waals surface area contributed by atoms with Crippen LogP contribution in [-0.4, -0.2) is 24.6 Å². The third-order valence-electron chi connectivity index (χ3n) is 1.87. The fourth-order valence-electron chi connectivity index (χ4n) is 1.12. The number of carbonyl (C=O) groups excluding carboxylic acids is 2. The van der Waals surface area contributed by atoms with Gasteiger partial charge in [0.05, 0.1) is 6.61 Å². The number of carbonyl (C=O) groups is 2. The third-order valence-corrected chi connectivity index (χ3v) is 2.65. The van der Waals surface area contributed by atoms with Crippen LogP contribution in [0.3, 0.4) is 0 Å². The molecule has 0 aliphatic heterocycles. The molecule has 1 rings (SSSR count). The first-order chi connectivity index (χ1) is 7.60. The number of hydrogen-bond acceptors (Lipinski definition) is 4. The Bertz CT molecular complexity index is 418. The summed E-state index contributed by atoms with van der Waals surface area (Å²) in [5, 5.41) is 0. The molecule has 16 heavy (non-hydrogen) atoms. The van der Waals surface area contributed by atoms with E-state index < -0.39 is 17.6 Å². The Morgan fingerprint density at radius 2 is 2.12 bits per heavy atom. The Morgan fingerprint density at radius 3 is 2.62 bits per heavy atom. The van der Waals surface area contributed by atoms with Gasteiger partial charge in [-0.15, -0.1) is 11.8 Å². The van der Waals surface area contributed by atoms with Crippen molar-refractivity contribution >= 4 is 23.5 Å². The predicted molar refractivity (Wildman–Crippen MR) is 59.1 cm³/mol. The van der Waals surface area contributed by atoms with E-state index in [1.54, 1.807) is 13.2 Å². The normalized spacial score (nSPS) is 9.94. The van der Waals surface area contributed by atoms with Crippen LogP contribution in [0.15, 0.2) is 23.1 Å². The van der Waals surface area contributed by atoms with Crippen molar-refractivity contribution in [1.29, 1.82) is 0 Å². The zero-order valence-electron chi connectivity index (χ0n) is 8.95. The summed E-state index contributed by atoms with van der Waals surface area (Å²) in [6.45, 7) is 1.72. The van der Waals surface area contributed by atoms with Crippen molar-refractivity contribution in [1.82, 2.24) is 0 Å². The van der Waals surface area contributed by atoms with E-state index in [1.807, 2.05) is 0 Å². The van der Waals surface area contributed by atoms with Crippen LogP contribution in [0, 0.1) is 5.82 Å². The van der Waals surface area contributed by atoms with Gasteiger partial charge in [0.25, 0.3) is 5.78 Å². The van der Waals surface area contributed by atoms with Gasteiger partial charge in [0.1, 0.15) is 5.82 Å². The maximum atomic E-state index is 13.3. The molecule has 0 N–H and O–H groups in total. The highest BCUT2D eigenvalue weighted by Crippen LogP contribution is 2.20. The maximum absolute atomic E-state index is 13.3. The molecule has 0 radical (unpaired) electrons. The Balaban J connectivity index is 2.93. The van der Waals surface area contributed by atoms with Crippen molar-refractivity contribution in [2.75, 3.05) is 12.9 Å². The lowest BCUT2D eigenvalue weighted by Crippen LogP contribution is -2.17. The van der Waals surface area contributed by atoms with E-state index in [9.17, 15) is 14.0 Å². The Labute approximate surface area is 97.0 Å². The topological polar surface area (TPSA) is 43.4 Å². The summed E-state index contributed by atoms with van der Waals surface area (Å²) in [6, 6.07) is 3.92. The number of halogens is 1. The Morgan fingerprint density at radius 1 is 1.44 bits per heavy atom. The minimum absolute atomic E-state index is 0.00810. The first-order valence-corrected chi connectivity index (χ1v) is 5.87. The summed E-state index contributed by atoms with van der Waals surface area (Å²) in [6.07, 6.45) is 1.73. The standard InChI is InChI=1S/C11H11FO3S/c1-3-15-11(14)10(13)7-4-5-9(16-2)8(12)6-7/h4-6H,3H2,1-2H3. The van der Waals surface area contributed by atoms with Crippen LogP contribution >= 0.6 is 11.8 Å². The number of Topliss-reactive ketones (excluding diaryl/α,β-unsaturated/α-hetero) is 1. The van der Waals surface area contributed by atoms with Crippen LogP contribution in [0.25, 0.3) is 0 Å². The number of thioether (sulfide) groups is 1. The highest BCUT2D eigenvalue weighted by atomic mass is 32.2. The number of esters is 1. The molecule has 0 atom stereocenters. The van der Waals surface area contributed by atoms with Gasteiger partial charge in [-0.1, -0.05) is 0 Å². The molecule has 0 bridgehead atoms. The number of hydrogen-bond donors (Lipinski definition) is 0. The quantitative estimate of drug-likeness (QED) is 0.351. The molecular weight excluding hydrogens is 231 g/mol. The number of benzene rings is 1. The zero-order valence-corrected chi connectivity index (χ0v) is 9.77. The van der Waals surface area contributed by atoms with Gasteiger partial charge in [-0.3, -0.25) is 4.79 Å². The van der Waals surface area contributed by atoms with E-state index >= 15 is 0 Å². The van der Waals surface area contributed by atoms with Gasteiger partial charge < -0.3 is 4.74 Å². The molecule has 1 aromatic rings. The van der Waals surface area contributed by atoms with E-state index in [0.717, 1.165) is 6.07 Å². The average molecular weight is 242 g/mol. The van der Waals surface area contributed by atoms with Gasteiger partial charge in [-0.2, -0.15) is 0 Å². The Hall–Kier alpha value is -1.36. The highest BCUT2D eigenvalue weighted by Gasteiger charge is 2.18. The molecule has 0 fully saturated rings. The predicted octanol–water partition coefficient (Wildman–Crippen LogP) is 2.29. The van der Waals surface area contributed by atoms with E-state index in [0.29, 0.717) is 4.90 Å². The van der Waals surface area contributed by atoms with Crippen molar-refractivity contribution in [3.8, 4) is 0 Å². The van der Waals surface area contributed by atoms with Crippen LogP contribution in [0.4, 0.5) is 4.39 Å². The van der Waals surface area contributed by atoms with Crippen molar-refractivity contribution < 1.29 is 18.7 Å². The second-order valence-corrected chi connectivity index (χ2v) is 3.75. The largest absolute Gasteiger partial charge is 0.460 e. The van der Waals surface area contributed by atoms with E-state index in [2.05, 4.69) is 4.74 Å². The smallest absolute Gasteiger partial charge is 0.379 e. The first-order valence-electron chi connectivity index (χ1n) is 4.65. The minimum atomic E-state index is -0.959. The molecule has 0 aromatic heterocycles. The lowest BCUT2D eigenvalue weighted by Gasteiger charge is -2.03. The molecule has 0 saturated carbocycles. The van der Waals surface area contributed by atoms with Gasteiger partial charge in [-0.05, 0) is 31.4 Å². The van der Waals surface area contributed by atoms with E-state index in [-0.39, 0.29) is 12.2 Å². The fraction of sp³-hybridized carbons (Fsp3) is 0.273. The summed E-state index contributed by atoms with van der Waals surface area (Å²) in [7, 11) is 0. The van der Waals surface area contributed by atoms with Crippen LogP contribution in [0.1, 0.15) is 17.3 Å². The molecule has 5 heteroatoms. The molecule has 3 nitrogen and oxygen atoms in total. The minimum Gasteiger partial charge on any atom is -0.460 e. The number of ketones is 1. The highest BCUT2D eigenvalue weighted by molar-refractivity contribution is 7.98. The fourth-order valence-corrected chi connectivity index (χ4v) is 1.58. The maximum Gasteiger partial charge on any atom is 0.379 e. The summed E-state index contributed by atoms with van der Waals surface area (Å²) < 4.78 is 17.9. The molecule has 0 aliphatic rings. The van der Waals surface area contributed by atoms with Gasteiger partial charge in [0, 0.05) is 10.5 Å². The number of rotatable bonds is 4. The SMILES string of the molecule is CCOC(=O)C(=O)c1ccc(SC)c(F)c1. The summed E-state index contributed by atoms with van der Waals surface area (Å²) >= 11 is 1.23. The van der Waals surface area contributed by atoms with Crippen molar-refractivity contribution in [2.24, 2.45) is 0 Å².